The van der Waals surface area contributed by atoms with Crippen molar-refractivity contribution in [3.63, 3.8) is 0 Å². The molecular formula is C10H20N4. The largest absolute Gasteiger partial charge is 0.320 e. The Bertz CT molecular complexity index is 269. The van der Waals surface area contributed by atoms with Crippen molar-refractivity contribution in [1.82, 2.24) is 20.1 Å². The zero-order chi connectivity index (χ0) is 10.6. The van der Waals surface area contributed by atoms with E-state index in [0.29, 0.717) is 12.0 Å². The molecule has 0 aliphatic carbocycles. The fourth-order valence-corrected chi connectivity index (χ4v) is 1.27. The molecule has 2 atom stereocenters. The van der Waals surface area contributed by atoms with Crippen LogP contribution in [0.3, 0.4) is 0 Å². The number of hydrogen-bond donors (Lipinski definition) is 1. The average molecular weight is 196 g/mol. The molecule has 0 radical (unpaired) electrons. The number of hydrogen-bond acceptors (Lipinski definition) is 3. The Morgan fingerprint density at radius 1 is 1.50 bits per heavy atom. The van der Waals surface area contributed by atoms with Gasteiger partial charge >= 0.3 is 0 Å². The number of nitrogens with zero attached hydrogens (tertiary/aromatic N) is 3. The van der Waals surface area contributed by atoms with Crippen LogP contribution in [0.1, 0.15) is 33.0 Å². The summed E-state index contributed by atoms with van der Waals surface area (Å²) in [7, 11) is 1.96. The quantitative estimate of drug-likeness (QED) is 0.772. The molecule has 0 aliphatic heterocycles. The lowest BCUT2D eigenvalue weighted by molar-refractivity contribution is 0.384. The summed E-state index contributed by atoms with van der Waals surface area (Å²) in [5.41, 5.74) is 0. The standard InChI is InChI=1S/C10H20N4/c1-5-8(2)9(3)11-6-10-13-12-7-14(10)4/h7-9,11H,5-6H2,1-4H3. The van der Waals surface area contributed by atoms with Gasteiger partial charge in [-0.15, -0.1) is 10.2 Å². The first-order chi connectivity index (χ1) is 6.65. The van der Waals surface area contributed by atoms with E-state index in [1.807, 2.05) is 11.6 Å². The number of nitrogens with one attached hydrogen (secondary N) is 1. The zero-order valence-electron chi connectivity index (χ0n) is 9.49. The molecule has 0 saturated heterocycles. The second-order valence-electron chi connectivity index (χ2n) is 3.91. The van der Waals surface area contributed by atoms with Crippen LogP contribution >= 0.6 is 0 Å². The topological polar surface area (TPSA) is 42.7 Å². The average Bonchev–Trinajstić information content (AvgIpc) is 2.59. The molecule has 1 aromatic heterocycles. The van der Waals surface area contributed by atoms with Crippen LogP contribution in [0, 0.1) is 5.92 Å². The summed E-state index contributed by atoms with van der Waals surface area (Å²) >= 11 is 0. The van der Waals surface area contributed by atoms with Crippen LogP contribution < -0.4 is 5.32 Å². The van der Waals surface area contributed by atoms with Crippen LogP contribution in [0.5, 0.6) is 0 Å². The zero-order valence-corrected chi connectivity index (χ0v) is 9.49. The van der Waals surface area contributed by atoms with Gasteiger partial charge < -0.3 is 9.88 Å². The molecule has 1 heterocycles. The molecule has 1 aromatic rings. The molecule has 0 amide bonds. The lowest BCUT2D eigenvalue weighted by atomic mass is 10.0. The van der Waals surface area contributed by atoms with Crippen molar-refractivity contribution in [2.45, 2.75) is 39.8 Å². The van der Waals surface area contributed by atoms with Crippen molar-refractivity contribution in [1.29, 1.82) is 0 Å². The van der Waals surface area contributed by atoms with E-state index >= 15 is 0 Å². The summed E-state index contributed by atoms with van der Waals surface area (Å²) < 4.78 is 1.94. The highest BCUT2D eigenvalue weighted by Gasteiger charge is 2.10. The molecule has 1 rings (SSSR count). The fraction of sp³-hybridized carbons (Fsp3) is 0.800. The third kappa shape index (κ3) is 2.80. The number of rotatable bonds is 5. The van der Waals surface area contributed by atoms with Gasteiger partial charge in [-0.3, -0.25) is 0 Å². The van der Waals surface area contributed by atoms with E-state index in [9.17, 15) is 0 Å². The summed E-state index contributed by atoms with van der Waals surface area (Å²) in [5, 5.41) is 11.3. The van der Waals surface area contributed by atoms with Crippen molar-refractivity contribution in [2.24, 2.45) is 13.0 Å². The van der Waals surface area contributed by atoms with Gasteiger partial charge in [-0.2, -0.15) is 0 Å². The summed E-state index contributed by atoms with van der Waals surface area (Å²) in [6, 6.07) is 0.525. The number of aromatic nitrogens is 3. The SMILES string of the molecule is CCC(C)C(C)NCc1nncn1C. The minimum absolute atomic E-state index is 0.525. The van der Waals surface area contributed by atoms with E-state index < -0.39 is 0 Å². The van der Waals surface area contributed by atoms with Crippen molar-refractivity contribution >= 4 is 0 Å². The summed E-state index contributed by atoms with van der Waals surface area (Å²) in [6.07, 6.45) is 2.93. The molecule has 2 unspecified atom stereocenters. The van der Waals surface area contributed by atoms with Crippen molar-refractivity contribution < 1.29 is 0 Å². The van der Waals surface area contributed by atoms with Gasteiger partial charge in [-0.1, -0.05) is 20.3 Å². The first kappa shape index (κ1) is 11.2. The lowest BCUT2D eigenvalue weighted by Gasteiger charge is -2.19. The van der Waals surface area contributed by atoms with Crippen LogP contribution in [0.2, 0.25) is 0 Å². The highest BCUT2D eigenvalue weighted by Crippen LogP contribution is 2.06. The molecule has 80 valence electrons. The molecule has 4 heteroatoms. The molecule has 14 heavy (non-hydrogen) atoms. The maximum absolute atomic E-state index is 4.02. The molecule has 0 aliphatic rings. The second kappa shape index (κ2) is 5.10. The Morgan fingerprint density at radius 3 is 2.71 bits per heavy atom. The van der Waals surface area contributed by atoms with E-state index in [4.69, 9.17) is 0 Å². The monoisotopic (exact) mass is 196 g/mol. The maximum Gasteiger partial charge on any atom is 0.146 e. The van der Waals surface area contributed by atoms with Crippen LogP contribution in [0.4, 0.5) is 0 Å². The minimum Gasteiger partial charge on any atom is -0.320 e. The Labute approximate surface area is 85.7 Å². The predicted molar refractivity (Wildman–Crippen MR) is 56.8 cm³/mol. The second-order valence-corrected chi connectivity index (χ2v) is 3.91. The maximum atomic E-state index is 4.02. The molecular weight excluding hydrogens is 176 g/mol. The van der Waals surface area contributed by atoms with Gasteiger partial charge in [0.25, 0.3) is 0 Å². The van der Waals surface area contributed by atoms with E-state index in [-0.39, 0.29) is 0 Å². The highest BCUT2D eigenvalue weighted by atomic mass is 15.3. The summed E-state index contributed by atoms with van der Waals surface area (Å²) in [5.74, 6) is 1.68. The third-order valence-corrected chi connectivity index (χ3v) is 2.88. The van der Waals surface area contributed by atoms with Crippen LogP contribution in [-0.2, 0) is 13.6 Å². The normalized spacial score (nSPS) is 15.4. The predicted octanol–water partition coefficient (Wildman–Crippen LogP) is 1.34. The number of aryl methyl sites for hydroxylation is 1. The van der Waals surface area contributed by atoms with Gasteiger partial charge in [-0.25, -0.2) is 0 Å². The molecule has 0 fully saturated rings. The van der Waals surface area contributed by atoms with Crippen molar-refractivity contribution in [3.05, 3.63) is 12.2 Å². The smallest absolute Gasteiger partial charge is 0.146 e. The molecule has 0 saturated carbocycles. The van der Waals surface area contributed by atoms with Gasteiger partial charge in [0.05, 0.1) is 6.54 Å². The van der Waals surface area contributed by atoms with Gasteiger partial charge in [0.15, 0.2) is 0 Å². The van der Waals surface area contributed by atoms with E-state index in [1.165, 1.54) is 6.42 Å². The fourth-order valence-electron chi connectivity index (χ4n) is 1.27. The Kier molecular flexibility index (Phi) is 4.07. The third-order valence-electron chi connectivity index (χ3n) is 2.88. The molecule has 0 aromatic carbocycles. The van der Waals surface area contributed by atoms with Gasteiger partial charge in [0.1, 0.15) is 12.2 Å². The van der Waals surface area contributed by atoms with Crippen molar-refractivity contribution in [3.8, 4) is 0 Å². The Hall–Kier alpha value is -0.900. The van der Waals surface area contributed by atoms with Gasteiger partial charge in [0, 0.05) is 13.1 Å². The molecule has 1 N–H and O–H groups in total. The van der Waals surface area contributed by atoms with E-state index in [2.05, 4.69) is 36.3 Å². The first-order valence-corrected chi connectivity index (χ1v) is 5.21. The molecule has 0 bridgehead atoms. The van der Waals surface area contributed by atoms with Crippen LogP contribution in [0.25, 0.3) is 0 Å². The summed E-state index contributed by atoms with van der Waals surface area (Å²) in [6.45, 7) is 7.48. The van der Waals surface area contributed by atoms with Crippen LogP contribution in [0.15, 0.2) is 6.33 Å². The van der Waals surface area contributed by atoms with Crippen LogP contribution in [-0.4, -0.2) is 20.8 Å². The minimum atomic E-state index is 0.525. The van der Waals surface area contributed by atoms with E-state index in [0.717, 1.165) is 12.4 Å². The lowest BCUT2D eigenvalue weighted by Crippen LogP contribution is -2.32. The van der Waals surface area contributed by atoms with Crippen molar-refractivity contribution in [2.75, 3.05) is 0 Å². The Balaban J connectivity index is 2.37. The molecule has 0 spiro atoms. The summed E-state index contributed by atoms with van der Waals surface area (Å²) in [4.78, 5) is 0. The first-order valence-electron chi connectivity index (χ1n) is 5.21. The molecule has 4 nitrogen and oxygen atoms in total. The Morgan fingerprint density at radius 2 is 2.21 bits per heavy atom. The van der Waals surface area contributed by atoms with Gasteiger partial charge in [-0.05, 0) is 12.8 Å². The van der Waals surface area contributed by atoms with Gasteiger partial charge in [0.2, 0.25) is 0 Å². The highest BCUT2D eigenvalue weighted by molar-refractivity contribution is 4.84. The van der Waals surface area contributed by atoms with E-state index in [1.54, 1.807) is 6.33 Å².